The van der Waals surface area contributed by atoms with Crippen LogP contribution in [0, 0.1) is 5.82 Å². The molecule has 2 heterocycles. The summed E-state index contributed by atoms with van der Waals surface area (Å²) < 4.78 is 50.6. The van der Waals surface area contributed by atoms with E-state index in [1.807, 2.05) is 0 Å². The van der Waals surface area contributed by atoms with Crippen LogP contribution in [0.1, 0.15) is 6.42 Å². The van der Waals surface area contributed by atoms with Crippen molar-refractivity contribution in [3.8, 4) is 11.8 Å². The number of sulfonamides is 1. The van der Waals surface area contributed by atoms with E-state index in [9.17, 15) is 12.8 Å². The van der Waals surface area contributed by atoms with Crippen molar-refractivity contribution in [2.24, 2.45) is 0 Å². The number of ether oxygens (including phenoxy) is 2. The molecule has 134 valence electrons. The molecule has 0 N–H and O–H groups in total. The number of nitrogens with zero attached hydrogens (tertiary/aromatic N) is 3. The van der Waals surface area contributed by atoms with Crippen molar-refractivity contribution in [2.75, 3.05) is 20.2 Å². The number of methoxy groups -OCH3 is 1. The summed E-state index contributed by atoms with van der Waals surface area (Å²) in [7, 11) is -2.34. The van der Waals surface area contributed by atoms with Crippen LogP contribution >= 0.6 is 11.6 Å². The van der Waals surface area contributed by atoms with Crippen LogP contribution in [0.3, 0.4) is 0 Å². The highest BCUT2D eigenvalue weighted by molar-refractivity contribution is 7.89. The number of benzene rings is 1. The minimum Gasteiger partial charge on any atom is -0.477 e. The van der Waals surface area contributed by atoms with Crippen LogP contribution in [0.15, 0.2) is 35.5 Å². The standard InChI is InChI=1S/C15H15ClFN3O4S/c1-23-14-15(19-6-5-18-14)24-10-4-7-20(9-10)25(21,22)11-2-3-13(17)12(16)8-11/h2-3,5-6,8,10H,4,7,9H2,1H3. The Morgan fingerprint density at radius 3 is 2.68 bits per heavy atom. The van der Waals surface area contributed by atoms with Crippen LogP contribution in [0.4, 0.5) is 4.39 Å². The van der Waals surface area contributed by atoms with E-state index in [4.69, 9.17) is 21.1 Å². The van der Waals surface area contributed by atoms with Crippen molar-refractivity contribution in [3.63, 3.8) is 0 Å². The maximum Gasteiger partial charge on any atom is 0.278 e. The highest BCUT2D eigenvalue weighted by Crippen LogP contribution is 2.28. The molecule has 1 aromatic carbocycles. The summed E-state index contributed by atoms with van der Waals surface area (Å²) in [5, 5.41) is -0.239. The predicted octanol–water partition coefficient (Wildman–Crippen LogP) is 2.12. The van der Waals surface area contributed by atoms with E-state index < -0.39 is 21.9 Å². The van der Waals surface area contributed by atoms with Crippen LogP contribution in [-0.4, -0.2) is 49.0 Å². The Kier molecular flexibility index (Phi) is 5.07. The fourth-order valence-corrected chi connectivity index (χ4v) is 4.25. The third-order valence-corrected chi connectivity index (χ3v) is 5.89. The Bertz CT molecular complexity index is 881. The molecule has 2 aromatic rings. The smallest absolute Gasteiger partial charge is 0.278 e. The fraction of sp³-hybridized carbons (Fsp3) is 0.333. The molecule has 0 aliphatic carbocycles. The van der Waals surface area contributed by atoms with Crippen LogP contribution in [0.5, 0.6) is 11.8 Å². The number of rotatable bonds is 5. The first kappa shape index (κ1) is 17.8. The SMILES string of the molecule is COc1nccnc1OC1CCN(S(=O)(=O)c2ccc(F)c(Cl)c2)C1. The summed E-state index contributed by atoms with van der Waals surface area (Å²) in [4.78, 5) is 7.97. The minimum absolute atomic E-state index is 0.0587. The van der Waals surface area contributed by atoms with Gasteiger partial charge < -0.3 is 9.47 Å². The van der Waals surface area contributed by atoms with Gasteiger partial charge in [0, 0.05) is 18.9 Å². The van der Waals surface area contributed by atoms with Crippen LogP contribution in [-0.2, 0) is 10.0 Å². The Balaban J connectivity index is 1.74. The molecule has 1 aliphatic rings. The van der Waals surface area contributed by atoms with Crippen molar-refractivity contribution >= 4 is 21.6 Å². The highest BCUT2D eigenvalue weighted by Gasteiger charge is 2.34. The second kappa shape index (κ2) is 7.11. The van der Waals surface area contributed by atoms with Gasteiger partial charge in [-0.25, -0.2) is 22.8 Å². The Morgan fingerprint density at radius 2 is 2.00 bits per heavy atom. The summed E-state index contributed by atoms with van der Waals surface area (Å²) in [5.41, 5.74) is 0. The maximum absolute atomic E-state index is 13.3. The van der Waals surface area contributed by atoms with Crippen LogP contribution in [0.25, 0.3) is 0 Å². The molecule has 1 aromatic heterocycles. The lowest BCUT2D eigenvalue weighted by atomic mass is 10.3. The van der Waals surface area contributed by atoms with Gasteiger partial charge in [-0.15, -0.1) is 0 Å². The molecule has 0 spiro atoms. The van der Waals surface area contributed by atoms with E-state index >= 15 is 0 Å². The van der Waals surface area contributed by atoms with Gasteiger partial charge in [-0.1, -0.05) is 11.6 Å². The number of aromatic nitrogens is 2. The lowest BCUT2D eigenvalue weighted by Gasteiger charge is -2.17. The topological polar surface area (TPSA) is 81.6 Å². The maximum atomic E-state index is 13.3. The summed E-state index contributed by atoms with van der Waals surface area (Å²) in [6.45, 7) is 0.404. The van der Waals surface area contributed by atoms with E-state index in [0.29, 0.717) is 6.42 Å². The Hall–Kier alpha value is -1.97. The molecule has 1 aliphatic heterocycles. The molecule has 1 saturated heterocycles. The molecule has 1 fully saturated rings. The molecule has 7 nitrogen and oxygen atoms in total. The molecule has 0 bridgehead atoms. The second-order valence-corrected chi connectivity index (χ2v) is 7.68. The van der Waals surface area contributed by atoms with E-state index in [0.717, 1.165) is 12.1 Å². The molecule has 1 unspecified atom stereocenters. The average Bonchev–Trinajstić information content (AvgIpc) is 3.07. The zero-order valence-electron chi connectivity index (χ0n) is 13.2. The molecule has 10 heteroatoms. The van der Waals surface area contributed by atoms with E-state index in [1.54, 1.807) is 0 Å². The van der Waals surface area contributed by atoms with Gasteiger partial charge in [0.1, 0.15) is 11.9 Å². The molecule has 25 heavy (non-hydrogen) atoms. The van der Waals surface area contributed by atoms with Gasteiger partial charge in [-0.3, -0.25) is 0 Å². The molecule has 3 rings (SSSR count). The third-order valence-electron chi connectivity index (χ3n) is 3.74. The summed E-state index contributed by atoms with van der Waals surface area (Å²) in [5.74, 6) is -0.230. The summed E-state index contributed by atoms with van der Waals surface area (Å²) in [6.07, 6.45) is 3.02. The molecular weight excluding hydrogens is 373 g/mol. The Morgan fingerprint density at radius 1 is 1.28 bits per heavy atom. The van der Waals surface area contributed by atoms with Crippen molar-refractivity contribution in [2.45, 2.75) is 17.4 Å². The lowest BCUT2D eigenvalue weighted by molar-refractivity contribution is 0.194. The second-order valence-electron chi connectivity index (χ2n) is 5.34. The first-order valence-electron chi connectivity index (χ1n) is 7.38. The first-order valence-corrected chi connectivity index (χ1v) is 9.20. The van der Waals surface area contributed by atoms with Crippen LogP contribution in [0.2, 0.25) is 5.02 Å². The molecule has 0 amide bonds. The van der Waals surface area contributed by atoms with Gasteiger partial charge in [0.15, 0.2) is 0 Å². The summed E-state index contributed by atoms with van der Waals surface area (Å²) >= 11 is 5.68. The van der Waals surface area contributed by atoms with Crippen molar-refractivity contribution in [1.29, 1.82) is 0 Å². The lowest BCUT2D eigenvalue weighted by Crippen LogP contribution is -2.31. The van der Waals surface area contributed by atoms with Crippen molar-refractivity contribution in [3.05, 3.63) is 41.4 Å². The normalized spacial score (nSPS) is 18.3. The van der Waals surface area contributed by atoms with Gasteiger partial charge in [0.05, 0.1) is 23.6 Å². The Labute approximate surface area is 149 Å². The zero-order chi connectivity index (χ0) is 18.0. The number of hydrogen-bond acceptors (Lipinski definition) is 6. The van der Waals surface area contributed by atoms with Gasteiger partial charge in [0.25, 0.3) is 11.8 Å². The minimum atomic E-state index is -3.78. The molecule has 1 atom stereocenters. The van der Waals surface area contributed by atoms with Gasteiger partial charge in [-0.2, -0.15) is 4.31 Å². The average molecular weight is 388 g/mol. The first-order chi connectivity index (χ1) is 11.9. The molecular formula is C15H15ClFN3O4S. The van der Waals surface area contributed by atoms with Crippen LogP contribution < -0.4 is 9.47 Å². The highest BCUT2D eigenvalue weighted by atomic mass is 35.5. The third kappa shape index (κ3) is 3.68. The van der Waals surface area contributed by atoms with Crippen molar-refractivity contribution in [1.82, 2.24) is 14.3 Å². The van der Waals surface area contributed by atoms with Gasteiger partial charge in [0.2, 0.25) is 10.0 Å². The number of hydrogen-bond donors (Lipinski definition) is 0. The van der Waals surface area contributed by atoms with E-state index in [-0.39, 0.29) is 34.8 Å². The van der Waals surface area contributed by atoms with E-state index in [1.165, 1.54) is 29.9 Å². The van der Waals surface area contributed by atoms with Crippen molar-refractivity contribution < 1.29 is 22.3 Å². The molecule has 0 saturated carbocycles. The van der Waals surface area contributed by atoms with Gasteiger partial charge in [-0.05, 0) is 24.6 Å². The quantitative estimate of drug-likeness (QED) is 0.781. The monoisotopic (exact) mass is 387 g/mol. The largest absolute Gasteiger partial charge is 0.477 e. The summed E-state index contributed by atoms with van der Waals surface area (Å²) in [6, 6.07) is 3.33. The number of halogens is 2. The zero-order valence-corrected chi connectivity index (χ0v) is 14.8. The van der Waals surface area contributed by atoms with E-state index in [2.05, 4.69) is 9.97 Å². The molecule has 0 radical (unpaired) electrons. The fourth-order valence-electron chi connectivity index (χ4n) is 2.49. The predicted molar refractivity (Wildman–Crippen MR) is 87.8 cm³/mol. The van der Waals surface area contributed by atoms with Gasteiger partial charge >= 0.3 is 0 Å².